The Kier molecular flexibility index (Phi) is 14.5. The molecule has 0 aliphatic carbocycles. The van der Waals surface area contributed by atoms with E-state index < -0.39 is 0 Å². The summed E-state index contributed by atoms with van der Waals surface area (Å²) in [5, 5.41) is 0.321. The van der Waals surface area contributed by atoms with E-state index in [1.807, 2.05) is 0 Å². The normalized spacial score (nSPS) is 10.5. The first-order chi connectivity index (χ1) is 30.0. The molecule has 6 aromatic rings. The van der Waals surface area contributed by atoms with Gasteiger partial charge in [0, 0.05) is 23.3 Å². The molecule has 62 heavy (non-hydrogen) atoms. The smallest absolute Gasteiger partial charge is 0.211 e. The van der Waals surface area contributed by atoms with Crippen LogP contribution in [0.1, 0.15) is 0 Å². The number of hydrogen-bond acceptors (Lipinski definition) is 18. The highest BCUT2D eigenvalue weighted by Crippen LogP contribution is 2.52. The minimum atomic E-state index is -0.360. The zero-order chi connectivity index (χ0) is 45.4. The van der Waals surface area contributed by atoms with Gasteiger partial charge in [-0.15, -0.1) is 0 Å². The molecule has 0 atom stereocenters. The molecule has 6 rings (SSSR count). The van der Waals surface area contributed by atoms with Gasteiger partial charge in [0.05, 0.1) is 99.5 Å². The molecule has 0 aliphatic rings. The van der Waals surface area contributed by atoms with Crippen LogP contribution in [0.5, 0.6) is 80.5 Å². The van der Waals surface area contributed by atoms with E-state index in [0.29, 0.717) is 45.6 Å². The maximum Gasteiger partial charge on any atom is 0.211 e. The predicted molar refractivity (Wildman–Crippen MR) is 228 cm³/mol. The van der Waals surface area contributed by atoms with Gasteiger partial charge in [-0.2, -0.15) is 0 Å². The van der Waals surface area contributed by atoms with Gasteiger partial charge in [0.15, 0.2) is 56.5 Å². The Hall–Kier alpha value is -7.50. The second-order valence-corrected chi connectivity index (χ2v) is 12.5. The van der Waals surface area contributed by atoms with Crippen molar-refractivity contribution in [1.29, 1.82) is 0 Å². The molecule has 18 heteroatoms. The fourth-order valence-electron chi connectivity index (χ4n) is 6.82. The average Bonchev–Trinajstić information content (AvgIpc) is 3.30. The lowest BCUT2D eigenvalue weighted by molar-refractivity contribution is 0.307. The highest BCUT2D eigenvalue weighted by molar-refractivity contribution is 5.97. The highest BCUT2D eigenvalue weighted by Gasteiger charge is 2.29. The Morgan fingerprint density at radius 2 is 0.532 bits per heavy atom. The number of rotatable bonds is 16. The van der Waals surface area contributed by atoms with Crippen molar-refractivity contribution in [2.75, 3.05) is 99.5 Å². The molecule has 4 aromatic carbocycles. The van der Waals surface area contributed by atoms with Crippen molar-refractivity contribution in [1.82, 2.24) is 0 Å². The molecule has 0 fully saturated rings. The maximum atomic E-state index is 13.1. The molecule has 0 radical (unpaired) electrons. The van der Waals surface area contributed by atoms with Crippen molar-refractivity contribution in [2.45, 2.75) is 0 Å². The molecule has 0 aliphatic heterocycles. The number of methoxy groups -OCH3 is 14. The van der Waals surface area contributed by atoms with Gasteiger partial charge in [0.25, 0.3) is 0 Å². The molecule has 0 spiro atoms. The summed E-state index contributed by atoms with van der Waals surface area (Å²) in [5.74, 6) is 4.67. The highest BCUT2D eigenvalue weighted by atomic mass is 16.6. The van der Waals surface area contributed by atoms with Crippen LogP contribution in [-0.2, 0) is 0 Å². The molecule has 0 unspecified atom stereocenters. The summed E-state index contributed by atoms with van der Waals surface area (Å²) in [7, 11) is 20.5. The first-order valence-corrected chi connectivity index (χ1v) is 18.3. The summed E-state index contributed by atoms with van der Waals surface area (Å²) in [5.41, 5.74) is 0.636. The fourth-order valence-corrected chi connectivity index (χ4v) is 6.82. The first kappa shape index (κ1) is 45.6. The number of ether oxygens (including phenoxy) is 14. The molecule has 18 nitrogen and oxygen atoms in total. The predicted octanol–water partition coefficient (Wildman–Crippen LogP) is 7.04. The topological polar surface area (TPSA) is 190 Å². The van der Waals surface area contributed by atoms with Gasteiger partial charge in [-0.25, -0.2) is 0 Å². The summed E-state index contributed by atoms with van der Waals surface area (Å²) >= 11 is 0. The third-order valence-electron chi connectivity index (χ3n) is 9.53. The average molecular weight is 865 g/mol. The molecule has 0 amide bonds. The minimum absolute atomic E-state index is 0.147. The lowest BCUT2D eigenvalue weighted by atomic mass is 10.1. The number of fused-ring (bicyclic) bond motifs is 2. The van der Waals surface area contributed by atoms with E-state index in [1.54, 1.807) is 24.3 Å². The Morgan fingerprint density at radius 3 is 0.758 bits per heavy atom. The van der Waals surface area contributed by atoms with Crippen LogP contribution < -0.4 is 77.2 Å². The first-order valence-electron chi connectivity index (χ1n) is 18.3. The Morgan fingerprint density at radius 1 is 0.290 bits per heavy atom. The molecule has 332 valence electrons. The Balaban J connectivity index is 0.000000234. The van der Waals surface area contributed by atoms with Gasteiger partial charge in [-0.3, -0.25) is 9.59 Å². The Labute approximate surface area is 356 Å². The van der Waals surface area contributed by atoms with E-state index in [2.05, 4.69) is 0 Å². The minimum Gasteiger partial charge on any atom is -0.493 e. The van der Waals surface area contributed by atoms with Crippen LogP contribution in [0.4, 0.5) is 0 Å². The van der Waals surface area contributed by atoms with Gasteiger partial charge in [-0.1, -0.05) is 0 Å². The van der Waals surface area contributed by atoms with E-state index in [0.717, 1.165) is 0 Å². The second-order valence-electron chi connectivity index (χ2n) is 12.5. The van der Waals surface area contributed by atoms with Crippen LogP contribution in [0.25, 0.3) is 44.6 Å². The molecule has 0 saturated carbocycles. The third-order valence-corrected chi connectivity index (χ3v) is 9.53. The third kappa shape index (κ3) is 7.93. The second kappa shape index (κ2) is 19.7. The molecule has 0 N–H and O–H groups in total. The van der Waals surface area contributed by atoms with Crippen molar-refractivity contribution in [3.8, 4) is 103 Å². The standard InChI is InChI=1S/2C22H24O9/c2*1-24-14-8-11(9-15(25-2)17(14)26-3)13-10-12(23)16-18(27-4)20(28-5)22(30-7)21(29-6)19(16)31-13/h2*8-10H,1-7H3. The quantitative estimate of drug-likeness (QED) is 0.0962. The molecular formula is C44H48O18. The summed E-state index contributed by atoms with van der Waals surface area (Å²) < 4.78 is 88.1. The van der Waals surface area contributed by atoms with E-state index in [-0.39, 0.29) is 90.3 Å². The molecule has 2 heterocycles. The number of benzene rings is 4. The van der Waals surface area contributed by atoms with Crippen molar-refractivity contribution >= 4 is 21.9 Å². The van der Waals surface area contributed by atoms with Gasteiger partial charge < -0.3 is 75.2 Å². The van der Waals surface area contributed by atoms with Crippen LogP contribution in [-0.4, -0.2) is 99.5 Å². The van der Waals surface area contributed by atoms with Crippen molar-refractivity contribution < 1.29 is 75.2 Å². The van der Waals surface area contributed by atoms with Crippen LogP contribution in [0, 0.1) is 0 Å². The van der Waals surface area contributed by atoms with E-state index in [1.165, 1.54) is 112 Å². The van der Waals surface area contributed by atoms with Crippen LogP contribution >= 0.6 is 0 Å². The zero-order valence-electron chi connectivity index (χ0n) is 36.8. The Bertz CT molecular complexity index is 2460. The molecule has 2 aromatic heterocycles. The SMILES string of the molecule is COc1cc(-c2cc(=O)c3c(OC)c(OC)c(OC)c(OC)c3o2)cc(OC)c1OC.COc1cc(-c2cc(=O)c3c(OC)c(OC)c(OC)c(OC)c3o2)cc(OC)c1OC. The van der Waals surface area contributed by atoms with Crippen LogP contribution in [0.15, 0.2) is 54.8 Å². The van der Waals surface area contributed by atoms with E-state index in [9.17, 15) is 9.59 Å². The van der Waals surface area contributed by atoms with Crippen LogP contribution in [0.3, 0.4) is 0 Å². The summed E-state index contributed by atoms with van der Waals surface area (Å²) in [6.07, 6.45) is 0. The van der Waals surface area contributed by atoms with Crippen molar-refractivity contribution in [3.05, 3.63) is 56.8 Å². The fraction of sp³-hybridized carbons (Fsp3) is 0.318. The molecular weight excluding hydrogens is 816 g/mol. The lowest BCUT2D eigenvalue weighted by Gasteiger charge is -2.18. The summed E-state index contributed by atoms with van der Waals surface area (Å²) in [4.78, 5) is 26.3. The van der Waals surface area contributed by atoms with Gasteiger partial charge in [-0.05, 0) is 24.3 Å². The van der Waals surface area contributed by atoms with Gasteiger partial charge in [0.2, 0.25) is 46.0 Å². The van der Waals surface area contributed by atoms with Crippen molar-refractivity contribution in [2.24, 2.45) is 0 Å². The van der Waals surface area contributed by atoms with Crippen LogP contribution in [0.2, 0.25) is 0 Å². The molecule has 0 saturated heterocycles. The maximum absolute atomic E-state index is 13.1. The summed E-state index contributed by atoms with van der Waals surface area (Å²) in [6.45, 7) is 0. The lowest BCUT2D eigenvalue weighted by Crippen LogP contribution is -2.07. The number of hydrogen-bond donors (Lipinski definition) is 0. The summed E-state index contributed by atoms with van der Waals surface area (Å²) in [6, 6.07) is 9.39. The van der Waals surface area contributed by atoms with Crippen molar-refractivity contribution in [3.63, 3.8) is 0 Å². The van der Waals surface area contributed by atoms with Gasteiger partial charge >= 0.3 is 0 Å². The largest absolute Gasteiger partial charge is 0.493 e. The van der Waals surface area contributed by atoms with E-state index >= 15 is 0 Å². The van der Waals surface area contributed by atoms with E-state index in [4.69, 9.17) is 75.2 Å². The molecule has 0 bridgehead atoms. The monoisotopic (exact) mass is 864 g/mol. The van der Waals surface area contributed by atoms with Gasteiger partial charge in [0.1, 0.15) is 22.3 Å². The zero-order valence-corrected chi connectivity index (χ0v) is 36.8.